The van der Waals surface area contributed by atoms with Crippen molar-refractivity contribution in [2.24, 2.45) is 0 Å². The second kappa shape index (κ2) is 6.15. The first-order valence-corrected chi connectivity index (χ1v) is 8.75. The van der Waals surface area contributed by atoms with E-state index in [4.69, 9.17) is 0 Å². The molecule has 2 N–H and O–H groups in total. The molecule has 7 heteroatoms. The number of hydrogen-bond donors (Lipinski definition) is 2. The largest absolute Gasteiger partial charge is 0.387 e. The van der Waals surface area contributed by atoms with Crippen LogP contribution >= 0.6 is 31.9 Å². The lowest BCUT2D eigenvalue weighted by Gasteiger charge is -2.13. The van der Waals surface area contributed by atoms with Crippen molar-refractivity contribution in [2.75, 3.05) is 17.1 Å². The fraction of sp³-hybridized carbons (Fsp3) is 0.0769. The number of para-hydroxylation sites is 1. The molecule has 106 valence electrons. The molecule has 0 spiro atoms. The highest BCUT2D eigenvalue weighted by Crippen LogP contribution is 2.29. The summed E-state index contributed by atoms with van der Waals surface area (Å²) >= 11 is 6.66. The molecule has 0 unspecified atom stereocenters. The van der Waals surface area contributed by atoms with E-state index in [0.717, 1.165) is 4.47 Å². The highest BCUT2D eigenvalue weighted by molar-refractivity contribution is 9.11. The highest BCUT2D eigenvalue weighted by Gasteiger charge is 2.18. The van der Waals surface area contributed by atoms with Crippen LogP contribution in [-0.4, -0.2) is 15.5 Å². The van der Waals surface area contributed by atoms with E-state index in [-0.39, 0.29) is 4.90 Å². The van der Waals surface area contributed by atoms with Crippen molar-refractivity contribution in [3.8, 4) is 0 Å². The Morgan fingerprint density at radius 2 is 1.70 bits per heavy atom. The van der Waals surface area contributed by atoms with Crippen molar-refractivity contribution in [1.82, 2.24) is 0 Å². The fourth-order valence-electron chi connectivity index (χ4n) is 1.68. The van der Waals surface area contributed by atoms with Crippen LogP contribution < -0.4 is 10.0 Å². The lowest BCUT2D eigenvalue weighted by atomic mass is 10.3. The molecule has 2 aromatic rings. The van der Waals surface area contributed by atoms with E-state index >= 15 is 0 Å². The number of rotatable bonds is 4. The molecule has 0 atom stereocenters. The maximum Gasteiger partial charge on any atom is 0.263 e. The topological polar surface area (TPSA) is 58.2 Å². The lowest BCUT2D eigenvalue weighted by Crippen LogP contribution is -2.15. The minimum Gasteiger partial charge on any atom is -0.387 e. The first-order chi connectivity index (χ1) is 9.44. The standard InChI is InChI=1S/C13H12Br2N2O2S/c1-16-12-4-2-3-5-13(12)20(18,19)17-11-7-6-9(14)8-10(11)15/h2-8,16-17H,1H3. The van der Waals surface area contributed by atoms with Gasteiger partial charge in [-0.1, -0.05) is 28.1 Å². The number of benzene rings is 2. The third-order valence-electron chi connectivity index (χ3n) is 2.62. The van der Waals surface area contributed by atoms with Crippen LogP contribution in [0.4, 0.5) is 11.4 Å². The molecule has 0 amide bonds. The van der Waals surface area contributed by atoms with Crippen LogP contribution in [0, 0.1) is 0 Å². The summed E-state index contributed by atoms with van der Waals surface area (Å²) in [6.07, 6.45) is 0. The molecule has 20 heavy (non-hydrogen) atoms. The van der Waals surface area contributed by atoms with Crippen LogP contribution in [0.3, 0.4) is 0 Å². The van der Waals surface area contributed by atoms with Crippen LogP contribution in [0.2, 0.25) is 0 Å². The number of hydrogen-bond acceptors (Lipinski definition) is 3. The number of sulfonamides is 1. The third kappa shape index (κ3) is 3.34. The monoisotopic (exact) mass is 418 g/mol. The van der Waals surface area contributed by atoms with Crippen molar-refractivity contribution < 1.29 is 8.42 Å². The predicted molar refractivity (Wildman–Crippen MR) is 88.6 cm³/mol. The Kier molecular flexibility index (Phi) is 4.72. The Hall–Kier alpha value is -1.05. The van der Waals surface area contributed by atoms with Gasteiger partial charge in [-0.05, 0) is 46.3 Å². The molecule has 0 aromatic heterocycles. The summed E-state index contributed by atoms with van der Waals surface area (Å²) < 4.78 is 29.0. The predicted octanol–water partition coefficient (Wildman–Crippen LogP) is 4.05. The van der Waals surface area contributed by atoms with Crippen LogP contribution in [0.25, 0.3) is 0 Å². The second-order valence-electron chi connectivity index (χ2n) is 3.98. The first kappa shape index (κ1) is 15.3. The van der Waals surface area contributed by atoms with Gasteiger partial charge < -0.3 is 5.32 Å². The summed E-state index contributed by atoms with van der Waals surface area (Å²) in [5.41, 5.74) is 1.03. The van der Waals surface area contributed by atoms with Gasteiger partial charge in [0.1, 0.15) is 4.90 Å². The number of anilines is 2. The zero-order valence-electron chi connectivity index (χ0n) is 10.5. The van der Waals surface area contributed by atoms with Crippen molar-refractivity contribution >= 4 is 53.3 Å². The van der Waals surface area contributed by atoms with E-state index in [1.807, 2.05) is 0 Å². The maximum atomic E-state index is 12.4. The van der Waals surface area contributed by atoms with Gasteiger partial charge >= 0.3 is 0 Å². The zero-order chi connectivity index (χ0) is 14.8. The van der Waals surface area contributed by atoms with Gasteiger partial charge in [0.2, 0.25) is 0 Å². The van der Waals surface area contributed by atoms with Gasteiger partial charge in [-0.25, -0.2) is 8.42 Å². The smallest absolute Gasteiger partial charge is 0.263 e. The van der Waals surface area contributed by atoms with Gasteiger partial charge in [0.15, 0.2) is 0 Å². The Bertz CT molecular complexity index is 733. The molecular formula is C13H12Br2N2O2S. The molecule has 0 aliphatic heterocycles. The Labute approximate surface area is 134 Å². The van der Waals surface area contributed by atoms with E-state index in [1.165, 1.54) is 0 Å². The first-order valence-electron chi connectivity index (χ1n) is 5.68. The van der Waals surface area contributed by atoms with Crippen molar-refractivity contribution in [2.45, 2.75) is 4.90 Å². The normalized spacial score (nSPS) is 11.2. The van der Waals surface area contributed by atoms with Crippen LogP contribution in [0.15, 0.2) is 56.3 Å². The molecule has 2 rings (SSSR count). The molecular weight excluding hydrogens is 408 g/mol. The summed E-state index contributed by atoms with van der Waals surface area (Å²) in [6, 6.07) is 12.0. The summed E-state index contributed by atoms with van der Waals surface area (Å²) in [6.45, 7) is 0. The summed E-state index contributed by atoms with van der Waals surface area (Å²) in [4.78, 5) is 0.206. The van der Waals surface area contributed by atoms with Crippen molar-refractivity contribution in [3.63, 3.8) is 0 Å². The SMILES string of the molecule is CNc1ccccc1S(=O)(=O)Nc1ccc(Br)cc1Br. The number of nitrogens with one attached hydrogen (secondary N) is 2. The second-order valence-corrected chi connectivity index (χ2v) is 7.40. The summed E-state index contributed by atoms with van der Waals surface area (Å²) in [7, 11) is -1.96. The van der Waals surface area contributed by atoms with E-state index in [2.05, 4.69) is 41.9 Å². The van der Waals surface area contributed by atoms with Gasteiger partial charge in [0.05, 0.1) is 11.4 Å². The Morgan fingerprint density at radius 1 is 1.00 bits per heavy atom. The van der Waals surface area contributed by atoms with Gasteiger partial charge in [-0.2, -0.15) is 0 Å². The van der Waals surface area contributed by atoms with E-state index in [1.54, 1.807) is 49.5 Å². The van der Waals surface area contributed by atoms with Gasteiger partial charge in [-0.3, -0.25) is 4.72 Å². The molecule has 2 aromatic carbocycles. The molecule has 0 aliphatic rings. The molecule has 0 saturated carbocycles. The van der Waals surface area contributed by atoms with E-state index < -0.39 is 10.0 Å². The minimum atomic E-state index is -3.65. The van der Waals surface area contributed by atoms with Crippen LogP contribution in [0.5, 0.6) is 0 Å². The summed E-state index contributed by atoms with van der Waals surface area (Å²) in [5.74, 6) is 0. The molecule has 0 aliphatic carbocycles. The van der Waals surface area contributed by atoms with Crippen molar-refractivity contribution in [1.29, 1.82) is 0 Å². The molecule has 0 heterocycles. The molecule has 0 radical (unpaired) electrons. The van der Waals surface area contributed by atoms with Crippen LogP contribution in [-0.2, 0) is 10.0 Å². The quantitative estimate of drug-likeness (QED) is 0.785. The molecule has 4 nitrogen and oxygen atoms in total. The average molecular weight is 420 g/mol. The molecule has 0 bridgehead atoms. The number of halogens is 2. The lowest BCUT2D eigenvalue weighted by molar-refractivity contribution is 0.601. The minimum absolute atomic E-state index is 0.206. The van der Waals surface area contributed by atoms with Crippen LogP contribution in [0.1, 0.15) is 0 Å². The van der Waals surface area contributed by atoms with E-state index in [9.17, 15) is 8.42 Å². The van der Waals surface area contributed by atoms with Gasteiger partial charge in [0.25, 0.3) is 10.0 Å². The molecule has 0 fully saturated rings. The van der Waals surface area contributed by atoms with E-state index in [0.29, 0.717) is 15.8 Å². The Balaban J connectivity index is 2.41. The van der Waals surface area contributed by atoms with Gasteiger partial charge in [-0.15, -0.1) is 0 Å². The molecule has 0 saturated heterocycles. The zero-order valence-corrected chi connectivity index (χ0v) is 14.5. The maximum absolute atomic E-state index is 12.4. The summed E-state index contributed by atoms with van der Waals surface area (Å²) in [5, 5.41) is 2.87. The Morgan fingerprint density at radius 3 is 2.35 bits per heavy atom. The highest BCUT2D eigenvalue weighted by atomic mass is 79.9. The van der Waals surface area contributed by atoms with Crippen molar-refractivity contribution in [3.05, 3.63) is 51.4 Å². The fourth-order valence-corrected chi connectivity index (χ4v) is 4.25. The van der Waals surface area contributed by atoms with Gasteiger partial charge in [0, 0.05) is 16.0 Å². The third-order valence-corrected chi connectivity index (χ3v) is 5.19. The average Bonchev–Trinajstić information content (AvgIpc) is 2.42.